The Morgan fingerprint density at radius 1 is 1.00 bits per heavy atom. The van der Waals surface area contributed by atoms with Gasteiger partial charge in [-0.1, -0.05) is 54.6 Å². The van der Waals surface area contributed by atoms with E-state index in [4.69, 9.17) is 9.47 Å². The third-order valence-corrected chi connectivity index (χ3v) is 4.45. The second-order valence-corrected chi connectivity index (χ2v) is 6.54. The number of rotatable bonds is 8. The number of benzene rings is 2. The fraction of sp³-hybridized carbons (Fsp3) is 0.304. The van der Waals surface area contributed by atoms with Crippen molar-refractivity contribution >= 4 is 22.7 Å². The Labute approximate surface area is 177 Å². The zero-order valence-corrected chi connectivity index (χ0v) is 17.1. The fourth-order valence-corrected chi connectivity index (χ4v) is 2.99. The van der Waals surface area contributed by atoms with Gasteiger partial charge in [0.1, 0.15) is 0 Å². The van der Waals surface area contributed by atoms with Crippen LogP contribution < -0.4 is 0 Å². The van der Waals surface area contributed by atoms with Crippen molar-refractivity contribution < 1.29 is 37.3 Å². The highest BCUT2D eigenvalue weighted by molar-refractivity contribution is 5.94. The van der Waals surface area contributed by atoms with Crippen LogP contribution >= 0.6 is 0 Å². The minimum absolute atomic E-state index is 0.0191. The lowest BCUT2D eigenvalue weighted by Crippen LogP contribution is -2.40. The minimum atomic E-state index is -5.05. The van der Waals surface area contributed by atoms with Crippen LogP contribution in [0.25, 0.3) is 10.8 Å². The van der Waals surface area contributed by atoms with Crippen LogP contribution in [0, 0.1) is 0 Å². The zero-order chi connectivity index (χ0) is 23.1. The van der Waals surface area contributed by atoms with Crippen LogP contribution in [0.3, 0.4) is 0 Å². The van der Waals surface area contributed by atoms with Crippen molar-refractivity contribution in [2.45, 2.75) is 32.0 Å². The summed E-state index contributed by atoms with van der Waals surface area (Å²) >= 11 is 0. The molecule has 1 N–H and O–H groups in total. The second-order valence-electron chi connectivity index (χ2n) is 6.54. The summed E-state index contributed by atoms with van der Waals surface area (Å²) in [6, 6.07) is 10.6. The maximum absolute atomic E-state index is 13.9. The van der Waals surface area contributed by atoms with Crippen LogP contribution in [0.4, 0.5) is 13.2 Å². The molecule has 2 aromatic carbocycles. The van der Waals surface area contributed by atoms with Crippen molar-refractivity contribution in [3.63, 3.8) is 0 Å². The number of hydrogen-bond donors (Lipinski definition) is 1. The summed E-state index contributed by atoms with van der Waals surface area (Å²) in [5.74, 6) is -1.59. The van der Waals surface area contributed by atoms with Gasteiger partial charge in [-0.15, -0.1) is 0 Å². The molecule has 0 radical (unpaired) electrons. The van der Waals surface area contributed by atoms with E-state index >= 15 is 0 Å². The average molecular weight is 436 g/mol. The SMILES string of the molecule is CCOC(=O)C/C(=C\C=C\C(O)(c1cccc2ccccc12)C(F)(F)F)C(=O)OCC. The van der Waals surface area contributed by atoms with Gasteiger partial charge in [0.2, 0.25) is 5.60 Å². The molecule has 0 heterocycles. The molecular weight excluding hydrogens is 413 g/mol. The zero-order valence-electron chi connectivity index (χ0n) is 17.1. The van der Waals surface area contributed by atoms with Crippen LogP contribution in [-0.4, -0.2) is 36.4 Å². The molecule has 31 heavy (non-hydrogen) atoms. The molecular formula is C23H23F3O5. The van der Waals surface area contributed by atoms with Crippen molar-refractivity contribution in [2.24, 2.45) is 0 Å². The Bertz CT molecular complexity index is 989. The van der Waals surface area contributed by atoms with Gasteiger partial charge in [0, 0.05) is 11.1 Å². The summed E-state index contributed by atoms with van der Waals surface area (Å²) in [6.07, 6.45) is -3.08. The van der Waals surface area contributed by atoms with Crippen LogP contribution in [-0.2, 0) is 24.7 Å². The summed E-state index contributed by atoms with van der Waals surface area (Å²) in [4.78, 5) is 23.8. The molecule has 0 bridgehead atoms. The Morgan fingerprint density at radius 2 is 1.65 bits per heavy atom. The average Bonchev–Trinajstić information content (AvgIpc) is 2.72. The molecule has 2 rings (SSSR count). The first-order valence-corrected chi connectivity index (χ1v) is 9.62. The topological polar surface area (TPSA) is 72.8 Å². The third-order valence-electron chi connectivity index (χ3n) is 4.45. The molecule has 0 spiro atoms. The quantitative estimate of drug-likeness (QED) is 0.372. The van der Waals surface area contributed by atoms with Gasteiger partial charge >= 0.3 is 18.1 Å². The van der Waals surface area contributed by atoms with Gasteiger partial charge in [-0.05, 0) is 30.7 Å². The standard InChI is InChI=1S/C23H23F3O5/c1-3-30-20(27)15-17(21(28)31-4-2)11-8-14-22(29,23(24,25)26)19-13-7-10-16-9-5-6-12-18(16)19/h5-14,29H,3-4,15H2,1-2H3/b14-8+,17-11+. The van der Waals surface area contributed by atoms with E-state index in [1.807, 2.05) is 0 Å². The lowest BCUT2D eigenvalue weighted by atomic mass is 9.88. The number of allylic oxidation sites excluding steroid dienone is 2. The highest BCUT2D eigenvalue weighted by Gasteiger charge is 2.53. The first-order chi connectivity index (χ1) is 14.6. The molecule has 0 aromatic heterocycles. The van der Waals surface area contributed by atoms with Gasteiger partial charge in [-0.2, -0.15) is 13.2 Å². The Kier molecular flexibility index (Phi) is 7.99. The number of fused-ring (bicyclic) bond motifs is 1. The number of halogens is 3. The predicted octanol–water partition coefficient (Wildman–Crippen LogP) is 4.59. The molecule has 0 fully saturated rings. The number of aliphatic hydroxyl groups is 1. The van der Waals surface area contributed by atoms with E-state index in [0.29, 0.717) is 11.5 Å². The molecule has 0 aliphatic rings. The second kappa shape index (κ2) is 10.3. The lowest BCUT2D eigenvalue weighted by Gasteiger charge is -2.29. The predicted molar refractivity (Wildman–Crippen MR) is 109 cm³/mol. The van der Waals surface area contributed by atoms with Crippen molar-refractivity contribution in [1.29, 1.82) is 0 Å². The molecule has 0 saturated carbocycles. The molecule has 1 atom stereocenters. The van der Waals surface area contributed by atoms with Gasteiger partial charge in [-0.25, -0.2) is 4.79 Å². The van der Waals surface area contributed by atoms with E-state index in [-0.39, 0.29) is 29.7 Å². The number of carbonyl (C=O) groups excluding carboxylic acids is 2. The van der Waals surface area contributed by atoms with Gasteiger partial charge < -0.3 is 14.6 Å². The smallest absolute Gasteiger partial charge is 0.425 e. The highest BCUT2D eigenvalue weighted by Crippen LogP contribution is 2.42. The highest BCUT2D eigenvalue weighted by atomic mass is 19.4. The fourth-order valence-electron chi connectivity index (χ4n) is 2.99. The largest absolute Gasteiger partial charge is 0.466 e. The molecule has 5 nitrogen and oxygen atoms in total. The monoisotopic (exact) mass is 436 g/mol. The number of alkyl halides is 3. The van der Waals surface area contributed by atoms with E-state index in [9.17, 15) is 27.9 Å². The van der Waals surface area contributed by atoms with E-state index in [1.54, 1.807) is 38.1 Å². The van der Waals surface area contributed by atoms with Crippen molar-refractivity contribution in [1.82, 2.24) is 0 Å². The summed E-state index contributed by atoms with van der Waals surface area (Å²) in [7, 11) is 0. The molecule has 0 amide bonds. The molecule has 2 aromatic rings. The molecule has 0 aliphatic carbocycles. The number of ether oxygens (including phenoxy) is 2. The van der Waals surface area contributed by atoms with Crippen molar-refractivity contribution in [2.75, 3.05) is 13.2 Å². The third kappa shape index (κ3) is 5.73. The van der Waals surface area contributed by atoms with Gasteiger partial charge in [-0.3, -0.25) is 4.79 Å². The van der Waals surface area contributed by atoms with Crippen molar-refractivity contribution in [3.8, 4) is 0 Å². The summed E-state index contributed by atoms with van der Waals surface area (Å²) < 4.78 is 51.5. The molecule has 166 valence electrons. The van der Waals surface area contributed by atoms with Crippen LogP contribution in [0.2, 0.25) is 0 Å². The van der Waals surface area contributed by atoms with E-state index in [0.717, 1.165) is 12.2 Å². The van der Waals surface area contributed by atoms with Crippen LogP contribution in [0.15, 0.2) is 66.3 Å². The molecule has 8 heteroatoms. The maximum atomic E-state index is 13.9. The molecule has 0 saturated heterocycles. The lowest BCUT2D eigenvalue weighted by molar-refractivity contribution is -0.244. The van der Waals surface area contributed by atoms with Gasteiger partial charge in [0.25, 0.3) is 0 Å². The minimum Gasteiger partial charge on any atom is -0.466 e. The number of hydrogen-bond acceptors (Lipinski definition) is 5. The normalized spacial score (nSPS) is 14.5. The van der Waals surface area contributed by atoms with Crippen molar-refractivity contribution in [3.05, 3.63) is 71.8 Å². The molecule has 1 unspecified atom stereocenters. The first-order valence-electron chi connectivity index (χ1n) is 9.62. The molecule has 0 aliphatic heterocycles. The summed E-state index contributed by atoms with van der Waals surface area (Å²) in [5, 5.41) is 11.5. The van der Waals surface area contributed by atoms with Crippen LogP contribution in [0.1, 0.15) is 25.8 Å². The summed E-state index contributed by atoms with van der Waals surface area (Å²) in [6.45, 7) is 3.24. The van der Waals surface area contributed by atoms with E-state index < -0.39 is 30.1 Å². The summed E-state index contributed by atoms with van der Waals surface area (Å²) in [5.41, 5.74) is -3.88. The van der Waals surface area contributed by atoms with Gasteiger partial charge in [0.05, 0.1) is 19.6 Å². The Hall–Kier alpha value is -3.13. The number of esters is 2. The maximum Gasteiger partial charge on any atom is 0.425 e. The Morgan fingerprint density at radius 3 is 2.29 bits per heavy atom. The number of carbonyl (C=O) groups is 2. The van der Waals surface area contributed by atoms with E-state index in [2.05, 4.69) is 0 Å². The van der Waals surface area contributed by atoms with Gasteiger partial charge in [0.15, 0.2) is 0 Å². The Balaban J connectivity index is 2.51. The van der Waals surface area contributed by atoms with E-state index in [1.165, 1.54) is 18.2 Å². The van der Waals surface area contributed by atoms with Crippen LogP contribution in [0.5, 0.6) is 0 Å². The first kappa shape index (κ1) is 24.1.